The summed E-state index contributed by atoms with van der Waals surface area (Å²) in [6.45, 7) is 0. The predicted octanol–water partition coefficient (Wildman–Crippen LogP) is 6.89. The van der Waals surface area contributed by atoms with E-state index >= 15 is 0 Å². The smallest absolute Gasteiger partial charge is 0.268 e. The highest BCUT2D eigenvalue weighted by atomic mass is 35.5. The van der Waals surface area contributed by atoms with Crippen LogP contribution in [0.25, 0.3) is 27.9 Å². The maximum absolute atomic E-state index is 14.2. The maximum Gasteiger partial charge on any atom is 0.268 e. The number of halogens is 1. The molecule has 1 amide bonds. The number of pyridine rings is 1. The van der Waals surface area contributed by atoms with E-state index in [1.807, 2.05) is 66.7 Å². The van der Waals surface area contributed by atoms with Crippen molar-refractivity contribution in [1.82, 2.24) is 9.88 Å². The molecular weight excluding hydrogens is 456 g/mol. The second-order valence-electron chi connectivity index (χ2n) is 8.98. The number of aromatic nitrogens is 1. The SMILES string of the molecule is O=C(NC1CCCCC1)c1cc(-c2ccccc2)c(-c2ccccc2)c(=O)n1-c1ccc(Cl)cc1. The van der Waals surface area contributed by atoms with Crippen LogP contribution in [-0.4, -0.2) is 16.5 Å². The van der Waals surface area contributed by atoms with Crippen LogP contribution in [0.3, 0.4) is 0 Å². The molecule has 0 radical (unpaired) electrons. The maximum atomic E-state index is 14.2. The number of nitrogens with zero attached hydrogens (tertiary/aromatic N) is 1. The van der Waals surface area contributed by atoms with Gasteiger partial charge in [-0.05, 0) is 59.9 Å². The summed E-state index contributed by atoms with van der Waals surface area (Å²) in [6, 6.07) is 28.4. The zero-order valence-electron chi connectivity index (χ0n) is 19.4. The summed E-state index contributed by atoms with van der Waals surface area (Å²) in [7, 11) is 0. The molecule has 4 aromatic rings. The Hall–Kier alpha value is -3.63. The highest BCUT2D eigenvalue weighted by molar-refractivity contribution is 6.30. The zero-order chi connectivity index (χ0) is 24.2. The fourth-order valence-electron chi connectivity index (χ4n) is 4.86. The van der Waals surface area contributed by atoms with Crippen molar-refractivity contribution in [1.29, 1.82) is 0 Å². The summed E-state index contributed by atoms with van der Waals surface area (Å²) in [5, 5.41) is 3.77. The van der Waals surface area contributed by atoms with E-state index in [-0.39, 0.29) is 17.5 Å². The minimum Gasteiger partial charge on any atom is -0.348 e. The normalized spacial score (nSPS) is 14.0. The van der Waals surface area contributed by atoms with Crippen molar-refractivity contribution >= 4 is 17.5 Å². The van der Waals surface area contributed by atoms with Gasteiger partial charge in [-0.25, -0.2) is 0 Å². The van der Waals surface area contributed by atoms with Gasteiger partial charge in [0.15, 0.2) is 0 Å². The Morgan fingerprint density at radius 1 is 0.800 bits per heavy atom. The molecule has 1 aliphatic carbocycles. The van der Waals surface area contributed by atoms with Crippen molar-refractivity contribution in [3.63, 3.8) is 0 Å². The summed E-state index contributed by atoms with van der Waals surface area (Å²) in [5.74, 6) is -0.235. The quantitative estimate of drug-likeness (QED) is 0.337. The highest BCUT2D eigenvalue weighted by Crippen LogP contribution is 2.31. The molecule has 5 rings (SSSR count). The van der Waals surface area contributed by atoms with Gasteiger partial charge in [-0.2, -0.15) is 0 Å². The van der Waals surface area contributed by atoms with Crippen molar-refractivity contribution in [2.75, 3.05) is 0 Å². The Balaban J connectivity index is 1.76. The average Bonchev–Trinajstić information content (AvgIpc) is 2.90. The number of benzene rings is 3. The fraction of sp³-hybridized carbons (Fsp3) is 0.200. The standard InChI is InChI=1S/C30H27ClN2O2/c31-23-16-18-25(19-17-23)33-27(29(34)32-24-14-8-3-9-15-24)20-26(21-10-4-1-5-11-21)28(30(33)35)22-12-6-2-7-13-22/h1-2,4-7,10-13,16-20,24H,3,8-9,14-15H2,(H,32,34). The number of carbonyl (C=O) groups is 1. The van der Waals surface area contributed by atoms with Crippen LogP contribution in [0.1, 0.15) is 42.6 Å². The van der Waals surface area contributed by atoms with Gasteiger partial charge in [0.2, 0.25) is 0 Å². The largest absolute Gasteiger partial charge is 0.348 e. The van der Waals surface area contributed by atoms with Crippen LogP contribution in [0.15, 0.2) is 95.8 Å². The summed E-state index contributed by atoms with van der Waals surface area (Å²) in [4.78, 5) is 27.9. The van der Waals surface area contributed by atoms with Gasteiger partial charge < -0.3 is 5.32 Å². The van der Waals surface area contributed by atoms with Gasteiger partial charge in [0.05, 0.1) is 5.56 Å². The molecule has 0 bridgehead atoms. The Kier molecular flexibility index (Phi) is 6.82. The third-order valence-corrected chi connectivity index (χ3v) is 6.87. The summed E-state index contributed by atoms with van der Waals surface area (Å²) in [5.41, 5.74) is 3.67. The summed E-state index contributed by atoms with van der Waals surface area (Å²) in [6.07, 6.45) is 5.34. The molecule has 0 unspecified atom stereocenters. The number of amides is 1. The van der Waals surface area contributed by atoms with Gasteiger partial charge in [-0.3, -0.25) is 14.2 Å². The molecule has 4 nitrogen and oxygen atoms in total. The number of rotatable bonds is 5. The minimum absolute atomic E-state index is 0.124. The van der Waals surface area contributed by atoms with E-state index in [0.717, 1.165) is 42.4 Å². The molecule has 1 fully saturated rings. The van der Waals surface area contributed by atoms with Crippen molar-refractivity contribution in [2.45, 2.75) is 38.1 Å². The minimum atomic E-state index is -0.242. The molecule has 1 aromatic heterocycles. The predicted molar refractivity (Wildman–Crippen MR) is 142 cm³/mol. The van der Waals surface area contributed by atoms with Crippen molar-refractivity contribution in [3.8, 4) is 27.9 Å². The number of hydrogen-bond donors (Lipinski definition) is 1. The molecule has 0 saturated heterocycles. The molecule has 176 valence electrons. The summed E-state index contributed by atoms with van der Waals surface area (Å²) >= 11 is 6.14. The molecule has 1 saturated carbocycles. The lowest BCUT2D eigenvalue weighted by atomic mass is 9.94. The van der Waals surface area contributed by atoms with E-state index in [9.17, 15) is 9.59 Å². The molecular formula is C30H27ClN2O2. The van der Waals surface area contributed by atoms with Gasteiger partial charge in [-0.15, -0.1) is 0 Å². The van der Waals surface area contributed by atoms with Gasteiger partial charge in [-0.1, -0.05) is 91.5 Å². The zero-order valence-corrected chi connectivity index (χ0v) is 20.2. The number of hydrogen-bond acceptors (Lipinski definition) is 2. The van der Waals surface area contributed by atoms with Crippen LogP contribution in [0.5, 0.6) is 0 Å². The van der Waals surface area contributed by atoms with Crippen LogP contribution in [0.4, 0.5) is 0 Å². The first kappa shape index (κ1) is 23.1. The average molecular weight is 483 g/mol. The van der Waals surface area contributed by atoms with Crippen LogP contribution in [0, 0.1) is 0 Å². The van der Waals surface area contributed by atoms with Gasteiger partial charge in [0.25, 0.3) is 11.5 Å². The molecule has 0 atom stereocenters. The highest BCUT2D eigenvalue weighted by Gasteiger charge is 2.24. The van der Waals surface area contributed by atoms with E-state index < -0.39 is 0 Å². The van der Waals surface area contributed by atoms with Crippen molar-refractivity contribution < 1.29 is 4.79 Å². The second kappa shape index (κ2) is 10.3. The van der Waals surface area contributed by atoms with Crippen molar-refractivity contribution in [2.24, 2.45) is 0 Å². The van der Waals surface area contributed by atoms with E-state index in [4.69, 9.17) is 11.6 Å². The molecule has 3 aromatic carbocycles. The van der Waals surface area contributed by atoms with Gasteiger partial charge in [0, 0.05) is 16.8 Å². The molecule has 1 heterocycles. The van der Waals surface area contributed by atoms with E-state index in [0.29, 0.717) is 22.0 Å². The molecule has 1 N–H and O–H groups in total. The van der Waals surface area contributed by atoms with E-state index in [1.165, 1.54) is 11.0 Å². The molecule has 0 aliphatic heterocycles. The Labute approximate surface area is 210 Å². The van der Waals surface area contributed by atoms with Crippen LogP contribution in [0.2, 0.25) is 5.02 Å². The third kappa shape index (κ3) is 4.94. The van der Waals surface area contributed by atoms with Gasteiger partial charge >= 0.3 is 0 Å². The number of carbonyl (C=O) groups excluding carboxylic acids is 1. The van der Waals surface area contributed by atoms with E-state index in [1.54, 1.807) is 24.3 Å². The van der Waals surface area contributed by atoms with Crippen molar-refractivity contribution in [3.05, 3.63) is 112 Å². The molecule has 35 heavy (non-hydrogen) atoms. The molecule has 1 aliphatic rings. The van der Waals surface area contributed by atoms with Gasteiger partial charge in [0.1, 0.15) is 5.69 Å². The second-order valence-corrected chi connectivity index (χ2v) is 9.41. The Bertz CT molecular complexity index is 1370. The monoisotopic (exact) mass is 482 g/mol. The molecule has 0 spiro atoms. The lowest BCUT2D eigenvalue weighted by molar-refractivity contribution is 0.0920. The molecule has 5 heteroatoms. The van der Waals surface area contributed by atoms with Crippen LogP contribution in [-0.2, 0) is 0 Å². The lowest BCUT2D eigenvalue weighted by Gasteiger charge is -2.24. The number of nitrogens with one attached hydrogen (secondary N) is 1. The van der Waals surface area contributed by atoms with Crippen LogP contribution >= 0.6 is 11.6 Å². The first-order valence-electron chi connectivity index (χ1n) is 12.1. The van der Waals surface area contributed by atoms with Crippen LogP contribution < -0.4 is 10.9 Å². The fourth-order valence-corrected chi connectivity index (χ4v) is 4.98. The Morgan fingerprint density at radius 3 is 2.03 bits per heavy atom. The lowest BCUT2D eigenvalue weighted by Crippen LogP contribution is -2.39. The first-order chi connectivity index (χ1) is 17.1. The third-order valence-electron chi connectivity index (χ3n) is 6.61. The Morgan fingerprint density at radius 2 is 1.40 bits per heavy atom. The topological polar surface area (TPSA) is 51.1 Å². The van der Waals surface area contributed by atoms with E-state index in [2.05, 4.69) is 5.32 Å². The first-order valence-corrected chi connectivity index (χ1v) is 12.5. The summed E-state index contributed by atoms with van der Waals surface area (Å²) < 4.78 is 1.52.